The Morgan fingerprint density at radius 2 is 2.00 bits per heavy atom. The van der Waals surface area contributed by atoms with Gasteiger partial charge in [-0.05, 0) is 29.8 Å². The van der Waals surface area contributed by atoms with Crippen LogP contribution in [0.3, 0.4) is 0 Å². The number of nitrogens with two attached hydrogens (primary N) is 1. The quantitative estimate of drug-likeness (QED) is 0.889. The molecule has 0 saturated carbocycles. The average Bonchev–Trinajstić information content (AvgIpc) is 2.74. The fourth-order valence-electron chi connectivity index (χ4n) is 1.61. The van der Waals surface area contributed by atoms with E-state index < -0.39 is 10.0 Å². The van der Waals surface area contributed by atoms with Crippen molar-refractivity contribution in [2.24, 2.45) is 5.14 Å². The molecule has 7 heteroatoms. The van der Waals surface area contributed by atoms with Crippen molar-refractivity contribution < 1.29 is 8.42 Å². The summed E-state index contributed by atoms with van der Waals surface area (Å²) < 4.78 is 23.2. The molecule has 0 unspecified atom stereocenters. The van der Waals surface area contributed by atoms with Gasteiger partial charge in [-0.3, -0.25) is 0 Å². The van der Waals surface area contributed by atoms with E-state index in [9.17, 15) is 8.42 Å². The van der Waals surface area contributed by atoms with E-state index >= 15 is 0 Å². The van der Waals surface area contributed by atoms with Gasteiger partial charge in [0.15, 0.2) is 0 Å². The normalized spacial score (nSPS) is 11.7. The van der Waals surface area contributed by atoms with E-state index in [2.05, 4.69) is 5.32 Å². The van der Waals surface area contributed by atoms with Crippen molar-refractivity contribution in [1.82, 2.24) is 5.32 Å². The summed E-state index contributed by atoms with van der Waals surface area (Å²) in [5.41, 5.74) is 0.870. The lowest BCUT2D eigenvalue weighted by atomic mass is 10.2. The van der Waals surface area contributed by atoms with Crippen LogP contribution < -0.4 is 10.5 Å². The number of primary sulfonamides is 1. The molecule has 19 heavy (non-hydrogen) atoms. The van der Waals surface area contributed by atoms with Gasteiger partial charge in [0.25, 0.3) is 0 Å². The predicted octanol–water partition coefficient (Wildman–Crippen LogP) is 2.34. The SMILES string of the molecule is NS(=O)(=O)c1cccc(CNCc2ccc(Cl)s2)c1. The van der Waals surface area contributed by atoms with Crippen molar-refractivity contribution in [1.29, 1.82) is 0 Å². The summed E-state index contributed by atoms with van der Waals surface area (Å²) in [6, 6.07) is 10.4. The minimum absolute atomic E-state index is 0.131. The van der Waals surface area contributed by atoms with E-state index in [0.717, 1.165) is 14.8 Å². The van der Waals surface area contributed by atoms with Crippen LogP contribution >= 0.6 is 22.9 Å². The topological polar surface area (TPSA) is 72.2 Å². The Bertz CT molecular complexity index is 668. The molecule has 1 heterocycles. The van der Waals surface area contributed by atoms with E-state index in [0.29, 0.717) is 13.1 Å². The number of benzene rings is 1. The summed E-state index contributed by atoms with van der Waals surface area (Å²) in [4.78, 5) is 1.26. The van der Waals surface area contributed by atoms with E-state index in [1.165, 1.54) is 17.4 Å². The first-order valence-electron chi connectivity index (χ1n) is 5.52. The molecule has 0 bridgehead atoms. The lowest BCUT2D eigenvalue weighted by molar-refractivity contribution is 0.597. The maximum atomic E-state index is 11.2. The molecule has 2 aromatic rings. The molecule has 0 amide bonds. The Hall–Kier alpha value is -0.920. The Kier molecular flexibility index (Phi) is 4.59. The molecule has 3 N–H and O–H groups in total. The maximum absolute atomic E-state index is 11.2. The number of sulfonamides is 1. The maximum Gasteiger partial charge on any atom is 0.238 e. The molecular formula is C12H13ClN2O2S2. The standard InChI is InChI=1S/C12H13ClN2O2S2/c13-12-5-4-10(18-12)8-15-7-9-2-1-3-11(6-9)19(14,16)17/h1-6,15H,7-8H2,(H2,14,16,17). The smallest absolute Gasteiger partial charge is 0.238 e. The Morgan fingerprint density at radius 1 is 1.21 bits per heavy atom. The highest BCUT2D eigenvalue weighted by atomic mass is 35.5. The summed E-state index contributed by atoms with van der Waals surface area (Å²) >= 11 is 7.35. The molecule has 0 aliphatic carbocycles. The fourth-order valence-corrected chi connectivity index (χ4v) is 3.25. The second-order valence-corrected chi connectivity index (χ2v) is 7.36. The highest BCUT2D eigenvalue weighted by Crippen LogP contribution is 2.21. The van der Waals surface area contributed by atoms with Crippen molar-refractivity contribution in [3.05, 3.63) is 51.2 Å². The van der Waals surface area contributed by atoms with Gasteiger partial charge in [-0.1, -0.05) is 23.7 Å². The number of hydrogen-bond acceptors (Lipinski definition) is 4. The monoisotopic (exact) mass is 316 g/mol. The van der Waals surface area contributed by atoms with E-state index in [1.54, 1.807) is 12.1 Å². The Labute approximate surface area is 121 Å². The van der Waals surface area contributed by atoms with E-state index in [-0.39, 0.29) is 4.90 Å². The van der Waals surface area contributed by atoms with Crippen LogP contribution in [-0.4, -0.2) is 8.42 Å². The average molecular weight is 317 g/mol. The third-order valence-corrected chi connectivity index (χ3v) is 4.63. The molecule has 0 aliphatic heterocycles. The van der Waals surface area contributed by atoms with Crippen LogP contribution in [-0.2, 0) is 23.1 Å². The molecule has 4 nitrogen and oxygen atoms in total. The molecule has 0 fully saturated rings. The van der Waals surface area contributed by atoms with Gasteiger partial charge in [0.2, 0.25) is 10.0 Å². The number of thiophene rings is 1. The van der Waals surface area contributed by atoms with Crippen LogP contribution in [0, 0.1) is 0 Å². The van der Waals surface area contributed by atoms with Crippen molar-refractivity contribution in [3.8, 4) is 0 Å². The first-order chi connectivity index (χ1) is 8.95. The lowest BCUT2D eigenvalue weighted by Gasteiger charge is -2.05. The summed E-state index contributed by atoms with van der Waals surface area (Å²) in [5.74, 6) is 0. The van der Waals surface area contributed by atoms with Crippen LogP contribution in [0.2, 0.25) is 4.34 Å². The number of halogens is 1. The molecule has 0 radical (unpaired) electrons. The third kappa shape index (κ3) is 4.29. The van der Waals surface area contributed by atoms with Gasteiger partial charge < -0.3 is 5.32 Å². The molecule has 102 valence electrons. The zero-order chi connectivity index (χ0) is 13.9. The van der Waals surface area contributed by atoms with Crippen molar-refractivity contribution >= 4 is 33.0 Å². The van der Waals surface area contributed by atoms with Crippen molar-refractivity contribution in [2.45, 2.75) is 18.0 Å². The first-order valence-corrected chi connectivity index (χ1v) is 8.26. The van der Waals surface area contributed by atoms with Crippen LogP contribution in [0.4, 0.5) is 0 Å². The van der Waals surface area contributed by atoms with Gasteiger partial charge in [-0.25, -0.2) is 13.6 Å². The first kappa shape index (κ1) is 14.5. The van der Waals surface area contributed by atoms with Crippen molar-refractivity contribution in [3.63, 3.8) is 0 Å². The van der Waals surface area contributed by atoms with Gasteiger partial charge in [0, 0.05) is 18.0 Å². The number of nitrogens with one attached hydrogen (secondary N) is 1. The molecule has 0 atom stereocenters. The summed E-state index contributed by atoms with van der Waals surface area (Å²) in [7, 11) is -3.64. The van der Waals surface area contributed by atoms with E-state index in [4.69, 9.17) is 16.7 Å². The fraction of sp³-hybridized carbons (Fsp3) is 0.167. The molecule has 0 aliphatic rings. The predicted molar refractivity (Wildman–Crippen MR) is 77.7 cm³/mol. The zero-order valence-corrected chi connectivity index (χ0v) is 12.4. The molecule has 1 aromatic carbocycles. The highest BCUT2D eigenvalue weighted by molar-refractivity contribution is 7.89. The van der Waals surface area contributed by atoms with Crippen LogP contribution in [0.25, 0.3) is 0 Å². The van der Waals surface area contributed by atoms with Gasteiger partial charge in [0.05, 0.1) is 9.23 Å². The molecule has 0 saturated heterocycles. The Balaban J connectivity index is 1.96. The molecule has 0 spiro atoms. The molecule has 1 aromatic heterocycles. The summed E-state index contributed by atoms with van der Waals surface area (Å²) in [6.45, 7) is 1.26. The van der Waals surface area contributed by atoms with Crippen LogP contribution in [0.15, 0.2) is 41.3 Å². The lowest BCUT2D eigenvalue weighted by Crippen LogP contribution is -2.14. The van der Waals surface area contributed by atoms with Crippen LogP contribution in [0.5, 0.6) is 0 Å². The van der Waals surface area contributed by atoms with E-state index in [1.807, 2.05) is 18.2 Å². The number of rotatable bonds is 5. The van der Waals surface area contributed by atoms with Gasteiger partial charge in [-0.2, -0.15) is 0 Å². The minimum Gasteiger partial charge on any atom is -0.308 e. The molecule has 2 rings (SSSR count). The highest BCUT2D eigenvalue weighted by Gasteiger charge is 2.07. The second-order valence-electron chi connectivity index (χ2n) is 4.00. The van der Waals surface area contributed by atoms with Crippen molar-refractivity contribution in [2.75, 3.05) is 0 Å². The minimum atomic E-state index is -3.64. The van der Waals surface area contributed by atoms with Gasteiger partial charge in [0.1, 0.15) is 0 Å². The largest absolute Gasteiger partial charge is 0.308 e. The van der Waals surface area contributed by atoms with Crippen LogP contribution in [0.1, 0.15) is 10.4 Å². The summed E-state index contributed by atoms with van der Waals surface area (Å²) in [5, 5.41) is 8.31. The second kappa shape index (κ2) is 6.02. The zero-order valence-electron chi connectivity index (χ0n) is 9.97. The van der Waals surface area contributed by atoms with Gasteiger partial charge >= 0.3 is 0 Å². The Morgan fingerprint density at radius 3 is 2.63 bits per heavy atom. The van der Waals surface area contributed by atoms with Gasteiger partial charge in [-0.15, -0.1) is 11.3 Å². The number of hydrogen-bond donors (Lipinski definition) is 2. The molecular weight excluding hydrogens is 304 g/mol. The third-order valence-electron chi connectivity index (χ3n) is 2.48. The summed E-state index contributed by atoms with van der Waals surface area (Å²) in [6.07, 6.45) is 0.